The molecule has 0 amide bonds. The highest BCUT2D eigenvalue weighted by molar-refractivity contribution is 7.36. The summed E-state index contributed by atoms with van der Waals surface area (Å²) in [6.45, 7) is -1.11. The molecule has 7 N–H and O–H groups in total. The highest BCUT2D eigenvalue weighted by Gasteiger charge is 2.53. The lowest BCUT2D eigenvalue weighted by atomic mass is 9.97. The van der Waals surface area contributed by atoms with Crippen LogP contribution >= 0.6 is 31.4 Å². The number of ether oxygens (including phenoxy) is 3. The molecule has 0 radical (unpaired) electrons. The predicted molar refractivity (Wildman–Crippen MR) is 108 cm³/mol. The third-order valence-corrected chi connectivity index (χ3v) is 6.66. The Morgan fingerprint density at radius 3 is 1.84 bits per heavy atom. The van der Waals surface area contributed by atoms with E-state index in [9.17, 15) is 40.3 Å². The second-order valence-corrected chi connectivity index (χ2v) is 9.19. The Labute approximate surface area is 194 Å². The number of nitrogens with zero attached hydrogens (tertiary/aromatic N) is 1. The number of alkyl halides is 2. The van der Waals surface area contributed by atoms with Gasteiger partial charge in [-0.1, -0.05) is 9.19 Å². The minimum absolute atomic E-state index is 0.131. The molecule has 0 aromatic heterocycles. The van der Waals surface area contributed by atoms with Gasteiger partial charge < -0.3 is 50.0 Å². The molecule has 1 unspecified atom stereocenters. The van der Waals surface area contributed by atoms with E-state index in [-0.39, 0.29) is 24.8 Å². The third kappa shape index (κ3) is 6.66. The van der Waals surface area contributed by atoms with Crippen molar-refractivity contribution >= 4 is 31.4 Å². The normalized spacial score (nSPS) is 41.1. The van der Waals surface area contributed by atoms with Gasteiger partial charge in [-0.15, -0.1) is 23.2 Å². The summed E-state index contributed by atoms with van der Waals surface area (Å²) in [7, 11) is -2.56. The lowest BCUT2D eigenvalue weighted by molar-refractivity contribution is -0.352. The minimum atomic E-state index is -2.56. The molecule has 2 aliphatic heterocycles. The van der Waals surface area contributed by atoms with Crippen molar-refractivity contribution < 1.29 is 59.0 Å². The maximum Gasteiger partial charge on any atom is 0.618 e. The predicted octanol–water partition coefficient (Wildman–Crippen LogP) is -2.94. The van der Waals surface area contributed by atoms with Crippen molar-refractivity contribution in [3.05, 3.63) is 0 Å². The average Bonchev–Trinajstić information content (AvgIpc) is 2.78. The Bertz CT molecular complexity index is 587. The van der Waals surface area contributed by atoms with E-state index >= 15 is 0 Å². The van der Waals surface area contributed by atoms with Crippen LogP contribution in [0.1, 0.15) is 0 Å². The summed E-state index contributed by atoms with van der Waals surface area (Å²) in [5, 5.41) is 69.7. The summed E-state index contributed by atoms with van der Waals surface area (Å²) in [4.78, 5) is 0. The molecule has 188 valence electrons. The van der Waals surface area contributed by atoms with Crippen molar-refractivity contribution in [1.82, 2.24) is 4.67 Å². The molecule has 32 heavy (non-hydrogen) atoms. The number of aliphatic hydroxyl groups is 7. The summed E-state index contributed by atoms with van der Waals surface area (Å²) in [6, 6.07) is 0. The van der Waals surface area contributed by atoms with E-state index in [0.29, 0.717) is 0 Å². The number of aliphatic hydroxyl groups excluding tert-OH is 7. The third-order valence-electron chi connectivity index (χ3n) is 5.07. The number of hydrogen-bond acceptors (Lipinski definition) is 12. The molecule has 0 spiro atoms. The second kappa shape index (κ2) is 13.3. The molecule has 0 bridgehead atoms. The van der Waals surface area contributed by atoms with E-state index in [1.165, 1.54) is 4.67 Å². The molecule has 0 aliphatic carbocycles. The van der Waals surface area contributed by atoms with E-state index in [4.69, 9.17) is 41.9 Å². The molecular formula is C16H29Cl2NO12P+. The zero-order valence-electron chi connectivity index (χ0n) is 16.8. The lowest BCUT2D eigenvalue weighted by Crippen LogP contribution is -2.64. The van der Waals surface area contributed by atoms with Gasteiger partial charge in [-0.2, -0.15) is 0 Å². The summed E-state index contributed by atoms with van der Waals surface area (Å²) in [6.07, 6.45) is -16.1. The maximum absolute atomic E-state index is 12.5. The number of halogens is 2. The standard InChI is InChI=1S/C16H29Cl2NO12P/c17-1-3-19(4-2-18)32(27)31-16-13(26)11(24)14(8(6-21)29-16)30-15-12(25)10(23)9(22)7(5-20)28-15/h7-16,20-26H,1-6H2/q+1/t7-,8-,9-,10+,11-,12-,13-,14-,15+,16-/m1/s1. The Morgan fingerprint density at radius 2 is 1.31 bits per heavy atom. The molecule has 2 heterocycles. The van der Waals surface area contributed by atoms with Crippen molar-refractivity contribution in [1.29, 1.82) is 0 Å². The van der Waals surface area contributed by atoms with E-state index in [0.717, 1.165) is 0 Å². The zero-order chi connectivity index (χ0) is 24.0. The fourth-order valence-corrected chi connectivity index (χ4v) is 4.92. The fraction of sp³-hybridized carbons (Fsp3) is 1.00. The molecule has 2 fully saturated rings. The Hall–Kier alpha value is 0.200. The monoisotopic (exact) mass is 528 g/mol. The van der Waals surface area contributed by atoms with Crippen LogP contribution in [-0.4, -0.2) is 140 Å². The summed E-state index contributed by atoms with van der Waals surface area (Å²) in [5.41, 5.74) is 0. The van der Waals surface area contributed by atoms with E-state index in [1.807, 2.05) is 0 Å². The van der Waals surface area contributed by atoms with Crippen molar-refractivity contribution in [2.45, 2.75) is 61.4 Å². The number of rotatable bonds is 11. The van der Waals surface area contributed by atoms with Gasteiger partial charge in [0.15, 0.2) is 6.29 Å². The van der Waals surface area contributed by atoms with E-state index in [1.54, 1.807) is 0 Å². The molecular weight excluding hydrogens is 500 g/mol. The van der Waals surface area contributed by atoms with Gasteiger partial charge in [0.05, 0.1) is 26.3 Å². The summed E-state index contributed by atoms with van der Waals surface area (Å²) < 4.78 is 35.0. The first-order valence-electron chi connectivity index (χ1n) is 9.79. The molecule has 0 aromatic carbocycles. The molecule has 0 aromatic rings. The first-order valence-corrected chi connectivity index (χ1v) is 12.0. The first kappa shape index (κ1) is 28.4. The Balaban J connectivity index is 2.09. The second-order valence-electron chi connectivity index (χ2n) is 7.18. The SMILES string of the molecule is O=[P+](O[C@H]1O[C@H](CO)[C@@H](O[C@@H]2O[C@H](CO)[C@@H](O)[C@H](O)[C@H]2O)[C@H](O)[C@H]1O)N(CCCl)CCCl. The van der Waals surface area contributed by atoms with Crippen LogP contribution in [0.25, 0.3) is 0 Å². The van der Waals surface area contributed by atoms with Gasteiger partial charge in [-0.25, -0.2) is 0 Å². The molecule has 11 atom stereocenters. The van der Waals surface area contributed by atoms with Gasteiger partial charge in [-0.3, -0.25) is 0 Å². The highest BCUT2D eigenvalue weighted by Crippen LogP contribution is 2.36. The van der Waals surface area contributed by atoms with Crippen molar-refractivity contribution in [3.63, 3.8) is 0 Å². The van der Waals surface area contributed by atoms with Crippen LogP contribution < -0.4 is 0 Å². The Morgan fingerprint density at radius 1 is 0.781 bits per heavy atom. The molecule has 2 saturated heterocycles. The molecule has 2 rings (SSSR count). The van der Waals surface area contributed by atoms with Crippen molar-refractivity contribution in [2.24, 2.45) is 0 Å². The topological polar surface area (TPSA) is 199 Å². The van der Waals surface area contributed by atoms with Crippen LogP contribution in [0.2, 0.25) is 0 Å². The van der Waals surface area contributed by atoms with Crippen molar-refractivity contribution in [2.75, 3.05) is 38.1 Å². The molecule has 13 nitrogen and oxygen atoms in total. The van der Waals surface area contributed by atoms with Crippen LogP contribution in [0.3, 0.4) is 0 Å². The van der Waals surface area contributed by atoms with Gasteiger partial charge in [0, 0.05) is 11.8 Å². The molecule has 0 saturated carbocycles. The summed E-state index contributed by atoms with van der Waals surface area (Å²) >= 11 is 11.3. The molecule has 16 heteroatoms. The van der Waals surface area contributed by atoms with Gasteiger partial charge >= 0.3 is 8.18 Å². The highest BCUT2D eigenvalue weighted by atomic mass is 35.5. The fourth-order valence-electron chi connectivity index (χ4n) is 3.27. The van der Waals surface area contributed by atoms with E-state index < -0.39 is 82.8 Å². The molecule has 2 aliphatic rings. The van der Waals surface area contributed by atoms with Crippen molar-refractivity contribution in [3.8, 4) is 0 Å². The van der Waals surface area contributed by atoms with Crippen LogP contribution in [0.5, 0.6) is 0 Å². The Kier molecular flexibility index (Phi) is 11.8. The quantitative estimate of drug-likeness (QED) is 0.106. The van der Waals surface area contributed by atoms with Gasteiger partial charge in [-0.05, 0) is 4.57 Å². The largest absolute Gasteiger partial charge is 0.618 e. The van der Waals surface area contributed by atoms with Crippen LogP contribution in [-0.2, 0) is 23.3 Å². The van der Waals surface area contributed by atoms with Gasteiger partial charge in [0.2, 0.25) is 6.29 Å². The first-order chi connectivity index (χ1) is 15.2. The van der Waals surface area contributed by atoms with Gasteiger partial charge in [0.1, 0.15) is 48.8 Å². The number of hydrogen-bond donors (Lipinski definition) is 7. The van der Waals surface area contributed by atoms with Crippen LogP contribution in [0.4, 0.5) is 0 Å². The average molecular weight is 529 g/mol. The minimum Gasteiger partial charge on any atom is -0.394 e. The lowest BCUT2D eigenvalue weighted by Gasteiger charge is -2.45. The zero-order valence-corrected chi connectivity index (χ0v) is 19.2. The van der Waals surface area contributed by atoms with Crippen LogP contribution in [0.15, 0.2) is 0 Å². The maximum atomic E-state index is 12.5. The van der Waals surface area contributed by atoms with Gasteiger partial charge in [0.25, 0.3) is 0 Å². The summed E-state index contributed by atoms with van der Waals surface area (Å²) in [5.74, 6) is 0.263. The van der Waals surface area contributed by atoms with E-state index in [2.05, 4.69) is 0 Å². The smallest absolute Gasteiger partial charge is 0.394 e. The van der Waals surface area contributed by atoms with Crippen LogP contribution in [0, 0.1) is 0 Å².